The Kier molecular flexibility index (Phi) is 48.2. The van der Waals surface area contributed by atoms with Crippen molar-refractivity contribution >= 4 is 17.9 Å². The Morgan fingerprint density at radius 3 is 1.14 bits per heavy atom. The fourth-order valence-electron chi connectivity index (χ4n) is 6.22. The summed E-state index contributed by atoms with van der Waals surface area (Å²) in [4.78, 5) is 38.0. The summed E-state index contributed by atoms with van der Waals surface area (Å²) in [5, 5.41) is 0. The van der Waals surface area contributed by atoms with Gasteiger partial charge >= 0.3 is 17.9 Å². The van der Waals surface area contributed by atoms with Gasteiger partial charge in [0.2, 0.25) is 0 Å². The minimum absolute atomic E-state index is 0.124. The van der Waals surface area contributed by atoms with Gasteiger partial charge in [0.05, 0.1) is 0 Å². The van der Waals surface area contributed by atoms with Crippen molar-refractivity contribution in [3.63, 3.8) is 0 Å². The van der Waals surface area contributed by atoms with E-state index in [0.29, 0.717) is 12.8 Å². The van der Waals surface area contributed by atoms with Crippen molar-refractivity contribution in [2.75, 3.05) is 13.2 Å². The van der Waals surface area contributed by atoms with Crippen LogP contribution in [0, 0.1) is 0 Å². The first-order valence-corrected chi connectivity index (χ1v) is 25.4. The molecule has 0 heterocycles. The summed E-state index contributed by atoms with van der Waals surface area (Å²) < 4.78 is 16.7. The third kappa shape index (κ3) is 50.2. The summed E-state index contributed by atoms with van der Waals surface area (Å²) >= 11 is 0. The minimum Gasteiger partial charge on any atom is -0.462 e. The monoisotopic (exact) mass is 895 g/mol. The van der Waals surface area contributed by atoms with Crippen LogP contribution in [-0.4, -0.2) is 37.2 Å². The van der Waals surface area contributed by atoms with Crippen LogP contribution in [0.1, 0.15) is 188 Å². The fraction of sp³-hybridized carbons (Fsp3) is 0.542. The molecule has 0 amide bonds. The molecule has 0 spiro atoms. The maximum absolute atomic E-state index is 12.8. The lowest BCUT2D eigenvalue weighted by molar-refractivity contribution is -0.167. The molecule has 0 rings (SSSR count). The summed E-state index contributed by atoms with van der Waals surface area (Å²) in [6, 6.07) is 0. The van der Waals surface area contributed by atoms with Crippen LogP contribution in [-0.2, 0) is 28.6 Å². The Morgan fingerprint density at radius 1 is 0.338 bits per heavy atom. The topological polar surface area (TPSA) is 78.9 Å². The largest absolute Gasteiger partial charge is 0.462 e. The van der Waals surface area contributed by atoms with Gasteiger partial charge in [0.25, 0.3) is 0 Å². The SMILES string of the molecule is CC\C=C/C=C\C=C/C=C\CCCCCCCC(=O)OCC(COC(=O)CCC/C=C\C/C=C\C/C=C\C/C=C\CCCCC)OC(=O)CCCCCCC\C=C/C=C\C=C/C=C\CC. The quantitative estimate of drug-likeness (QED) is 0.0199. The maximum atomic E-state index is 12.8. The molecule has 362 valence electrons. The third-order valence-corrected chi connectivity index (χ3v) is 10.00. The predicted molar refractivity (Wildman–Crippen MR) is 279 cm³/mol. The van der Waals surface area contributed by atoms with Crippen molar-refractivity contribution in [2.24, 2.45) is 0 Å². The van der Waals surface area contributed by atoms with Gasteiger partial charge in [-0.2, -0.15) is 0 Å². The van der Waals surface area contributed by atoms with E-state index in [1.807, 2.05) is 48.6 Å². The number of hydrogen-bond donors (Lipinski definition) is 0. The molecule has 0 saturated heterocycles. The molecular weight excluding hydrogens is 805 g/mol. The van der Waals surface area contributed by atoms with E-state index >= 15 is 0 Å². The van der Waals surface area contributed by atoms with E-state index in [1.54, 1.807) is 0 Å². The van der Waals surface area contributed by atoms with Crippen LogP contribution in [0.5, 0.6) is 0 Å². The second kappa shape index (κ2) is 51.9. The lowest BCUT2D eigenvalue weighted by Gasteiger charge is -2.18. The van der Waals surface area contributed by atoms with Crippen LogP contribution in [0.4, 0.5) is 0 Å². The third-order valence-electron chi connectivity index (χ3n) is 10.00. The summed E-state index contributed by atoms with van der Waals surface area (Å²) in [5.41, 5.74) is 0. The molecule has 0 N–H and O–H groups in total. The number of rotatable bonds is 43. The van der Waals surface area contributed by atoms with Crippen molar-refractivity contribution in [1.82, 2.24) is 0 Å². The molecule has 0 aromatic carbocycles. The van der Waals surface area contributed by atoms with Crippen LogP contribution in [0.3, 0.4) is 0 Å². The highest BCUT2D eigenvalue weighted by molar-refractivity contribution is 5.71. The zero-order valence-electron chi connectivity index (χ0n) is 41.2. The molecule has 0 bridgehead atoms. The highest BCUT2D eigenvalue weighted by Crippen LogP contribution is 2.12. The van der Waals surface area contributed by atoms with Crippen LogP contribution >= 0.6 is 0 Å². The van der Waals surface area contributed by atoms with Gasteiger partial charge < -0.3 is 14.2 Å². The van der Waals surface area contributed by atoms with Gasteiger partial charge in [-0.25, -0.2) is 0 Å². The first-order valence-electron chi connectivity index (χ1n) is 25.4. The number of carbonyl (C=O) groups is 3. The molecule has 6 heteroatoms. The number of unbranched alkanes of at least 4 members (excludes halogenated alkanes) is 14. The zero-order valence-corrected chi connectivity index (χ0v) is 41.2. The maximum Gasteiger partial charge on any atom is 0.306 e. The molecule has 0 aromatic heterocycles. The Labute approximate surface area is 397 Å². The molecule has 0 saturated carbocycles. The van der Waals surface area contributed by atoms with Crippen LogP contribution in [0.2, 0.25) is 0 Å². The lowest BCUT2D eigenvalue weighted by atomic mass is 10.1. The van der Waals surface area contributed by atoms with E-state index in [-0.39, 0.29) is 44.0 Å². The standard InChI is InChI=1S/C59H90O6/c1-4-7-10-13-16-19-22-25-28-29-32-34-37-40-43-46-49-52-58(61)64-55-56(65-59(62)53-50-47-44-41-38-35-31-27-24-21-18-15-12-9-6-3)54-63-57(60)51-48-45-42-39-36-33-30-26-23-20-17-14-11-8-5-2/h8-9,11-12,14-21,23-28,30-32,34,40,43,56H,4-7,10,13,22,29,33,35-39,41-42,44-55H2,1-3H3/b11-8-,12-9-,17-14-,18-15-,19-16-,23-20-,24-21-,28-25-,30-26-,31-27-,34-32-,43-40-. The lowest BCUT2D eigenvalue weighted by Crippen LogP contribution is -2.30. The molecule has 65 heavy (non-hydrogen) atoms. The molecule has 6 nitrogen and oxygen atoms in total. The molecule has 0 aliphatic carbocycles. The smallest absolute Gasteiger partial charge is 0.306 e. The van der Waals surface area contributed by atoms with Gasteiger partial charge in [-0.1, -0.05) is 218 Å². The second-order valence-corrected chi connectivity index (χ2v) is 16.1. The van der Waals surface area contributed by atoms with Crippen molar-refractivity contribution in [3.8, 4) is 0 Å². The van der Waals surface area contributed by atoms with E-state index < -0.39 is 6.10 Å². The van der Waals surface area contributed by atoms with Crippen LogP contribution < -0.4 is 0 Å². The normalized spacial score (nSPS) is 13.3. The van der Waals surface area contributed by atoms with E-state index in [2.05, 4.69) is 118 Å². The van der Waals surface area contributed by atoms with Crippen LogP contribution in [0.25, 0.3) is 0 Å². The van der Waals surface area contributed by atoms with E-state index in [4.69, 9.17) is 14.2 Å². The summed E-state index contributed by atoms with van der Waals surface area (Å²) in [6.45, 7) is 6.21. The van der Waals surface area contributed by atoms with Crippen LogP contribution in [0.15, 0.2) is 146 Å². The first kappa shape index (κ1) is 60.3. The molecule has 0 aliphatic heterocycles. The number of esters is 3. The minimum atomic E-state index is -0.829. The molecule has 0 fully saturated rings. The van der Waals surface area contributed by atoms with E-state index in [0.717, 1.165) is 116 Å². The second-order valence-electron chi connectivity index (χ2n) is 16.1. The molecule has 1 atom stereocenters. The highest BCUT2D eigenvalue weighted by Gasteiger charge is 2.19. The van der Waals surface area contributed by atoms with E-state index in [9.17, 15) is 14.4 Å². The first-order chi connectivity index (χ1) is 32.0. The Hall–Kier alpha value is -4.71. The van der Waals surface area contributed by atoms with Crippen molar-refractivity contribution in [1.29, 1.82) is 0 Å². The Bertz CT molecular complexity index is 1490. The van der Waals surface area contributed by atoms with Gasteiger partial charge in [0.15, 0.2) is 6.10 Å². The van der Waals surface area contributed by atoms with Crippen molar-refractivity contribution in [2.45, 2.75) is 194 Å². The van der Waals surface area contributed by atoms with Gasteiger partial charge in [-0.3, -0.25) is 14.4 Å². The van der Waals surface area contributed by atoms with Gasteiger partial charge in [-0.05, 0) is 96.3 Å². The van der Waals surface area contributed by atoms with Crippen molar-refractivity contribution < 1.29 is 28.6 Å². The molecule has 0 aromatic rings. The molecule has 0 aliphatic rings. The molecule has 1 unspecified atom stereocenters. The summed E-state index contributed by atoms with van der Waals surface area (Å²) in [6.07, 6.45) is 74.0. The van der Waals surface area contributed by atoms with Gasteiger partial charge in [0.1, 0.15) is 13.2 Å². The van der Waals surface area contributed by atoms with Crippen molar-refractivity contribution in [3.05, 3.63) is 146 Å². The molecule has 0 radical (unpaired) electrons. The van der Waals surface area contributed by atoms with Gasteiger partial charge in [0, 0.05) is 19.3 Å². The molecular formula is C59H90O6. The summed E-state index contributed by atoms with van der Waals surface area (Å²) in [5.74, 6) is -1.04. The highest BCUT2D eigenvalue weighted by atomic mass is 16.6. The Balaban J connectivity index is 4.60. The summed E-state index contributed by atoms with van der Waals surface area (Å²) in [7, 11) is 0. The number of carbonyl (C=O) groups excluding carboxylic acids is 3. The van der Waals surface area contributed by atoms with Gasteiger partial charge in [-0.15, -0.1) is 0 Å². The number of allylic oxidation sites excluding steroid dienone is 24. The Morgan fingerprint density at radius 2 is 0.677 bits per heavy atom. The number of ether oxygens (including phenoxy) is 3. The predicted octanol–water partition coefficient (Wildman–Crippen LogP) is 16.9. The average Bonchev–Trinajstić information content (AvgIpc) is 3.30. The fourth-order valence-corrected chi connectivity index (χ4v) is 6.22. The zero-order chi connectivity index (χ0) is 47.2. The average molecular weight is 895 g/mol. The number of hydrogen-bond acceptors (Lipinski definition) is 6. The van der Waals surface area contributed by atoms with E-state index in [1.165, 1.54) is 25.7 Å².